The largest absolute Gasteiger partial charge is 0.234 e. The monoisotopic (exact) mass is 178 g/mol. The minimum atomic E-state index is 0.585. The summed E-state index contributed by atoms with van der Waals surface area (Å²) in [4.78, 5) is 12.2. The Labute approximate surface area is 73.5 Å². The molecule has 0 saturated heterocycles. The highest BCUT2D eigenvalue weighted by Gasteiger charge is 2.04. The molecule has 2 aromatic heterocycles. The highest BCUT2D eigenvalue weighted by molar-refractivity contribution is 7.05. The molecule has 60 valence electrons. The zero-order valence-electron chi connectivity index (χ0n) is 6.43. The quantitative estimate of drug-likeness (QED) is 0.660. The number of hydrogen-bond donors (Lipinski definition) is 0. The van der Waals surface area contributed by atoms with Crippen LogP contribution in [0.25, 0.3) is 11.6 Å². The lowest BCUT2D eigenvalue weighted by Crippen LogP contribution is -1.88. The summed E-state index contributed by atoms with van der Waals surface area (Å²) in [5.41, 5.74) is 0. The van der Waals surface area contributed by atoms with Crippen molar-refractivity contribution in [1.82, 2.24) is 19.3 Å². The lowest BCUT2D eigenvalue weighted by Gasteiger charge is -1.88. The van der Waals surface area contributed by atoms with Gasteiger partial charge in [0.15, 0.2) is 5.82 Å². The van der Waals surface area contributed by atoms with Crippen LogP contribution >= 0.6 is 11.5 Å². The Morgan fingerprint density at radius 1 is 1.17 bits per heavy atom. The minimum absolute atomic E-state index is 0.585. The zero-order chi connectivity index (χ0) is 8.39. The average molecular weight is 178 g/mol. The van der Waals surface area contributed by atoms with Crippen LogP contribution in [0.3, 0.4) is 0 Å². The van der Waals surface area contributed by atoms with Gasteiger partial charge in [0.25, 0.3) is 0 Å². The molecule has 2 heterocycles. The van der Waals surface area contributed by atoms with Gasteiger partial charge in [-0.1, -0.05) is 0 Å². The second-order valence-corrected chi connectivity index (χ2v) is 3.17. The van der Waals surface area contributed by atoms with E-state index in [0.29, 0.717) is 11.6 Å². The van der Waals surface area contributed by atoms with Gasteiger partial charge in [-0.15, -0.1) is 0 Å². The summed E-state index contributed by atoms with van der Waals surface area (Å²) in [6.07, 6.45) is 3.36. The summed E-state index contributed by atoms with van der Waals surface area (Å²) in [6.45, 7) is 1.91. The highest BCUT2D eigenvalue weighted by Crippen LogP contribution is 2.11. The van der Waals surface area contributed by atoms with Crippen LogP contribution in [0.1, 0.15) is 5.01 Å². The van der Waals surface area contributed by atoms with Crippen molar-refractivity contribution in [3.05, 3.63) is 23.5 Å². The SMILES string of the molecule is Cc1nc(-c2ncccn2)ns1. The van der Waals surface area contributed by atoms with Crippen molar-refractivity contribution in [3.8, 4) is 11.6 Å². The second kappa shape index (κ2) is 2.94. The normalized spacial score (nSPS) is 10.1. The van der Waals surface area contributed by atoms with Gasteiger partial charge in [0, 0.05) is 12.4 Å². The van der Waals surface area contributed by atoms with E-state index in [-0.39, 0.29) is 0 Å². The second-order valence-electron chi connectivity index (χ2n) is 2.21. The maximum Gasteiger partial charge on any atom is 0.210 e. The molecule has 0 spiro atoms. The smallest absolute Gasteiger partial charge is 0.210 e. The van der Waals surface area contributed by atoms with E-state index in [2.05, 4.69) is 19.3 Å². The van der Waals surface area contributed by atoms with Gasteiger partial charge in [-0.3, -0.25) is 0 Å². The van der Waals surface area contributed by atoms with Crippen molar-refractivity contribution in [2.24, 2.45) is 0 Å². The van der Waals surface area contributed by atoms with Crippen LogP contribution in [-0.2, 0) is 0 Å². The molecular weight excluding hydrogens is 172 g/mol. The van der Waals surface area contributed by atoms with Gasteiger partial charge in [-0.2, -0.15) is 4.37 Å². The lowest BCUT2D eigenvalue weighted by molar-refractivity contribution is 1.11. The molecule has 0 N–H and O–H groups in total. The van der Waals surface area contributed by atoms with Gasteiger partial charge < -0.3 is 0 Å². The lowest BCUT2D eigenvalue weighted by atomic mass is 10.5. The van der Waals surface area contributed by atoms with Gasteiger partial charge in [-0.25, -0.2) is 15.0 Å². The molecule has 0 aliphatic rings. The number of aromatic nitrogens is 4. The van der Waals surface area contributed by atoms with Crippen LogP contribution in [0.4, 0.5) is 0 Å². The van der Waals surface area contributed by atoms with Crippen LogP contribution in [0.2, 0.25) is 0 Å². The van der Waals surface area contributed by atoms with Crippen molar-refractivity contribution >= 4 is 11.5 Å². The minimum Gasteiger partial charge on any atom is -0.234 e. The Kier molecular flexibility index (Phi) is 1.79. The Balaban J connectivity index is 2.45. The van der Waals surface area contributed by atoms with Crippen molar-refractivity contribution in [2.45, 2.75) is 6.92 Å². The van der Waals surface area contributed by atoms with Gasteiger partial charge in [0.1, 0.15) is 5.01 Å². The van der Waals surface area contributed by atoms with E-state index in [0.717, 1.165) is 5.01 Å². The first-order chi connectivity index (χ1) is 5.86. The molecule has 0 unspecified atom stereocenters. The summed E-state index contributed by atoms with van der Waals surface area (Å²) in [5, 5.41) is 0.928. The van der Waals surface area contributed by atoms with Crippen molar-refractivity contribution in [1.29, 1.82) is 0 Å². The molecule has 0 aromatic carbocycles. The third-order valence-corrected chi connectivity index (χ3v) is 1.91. The maximum atomic E-state index is 4.16. The fraction of sp³-hybridized carbons (Fsp3) is 0.143. The number of hydrogen-bond acceptors (Lipinski definition) is 5. The first-order valence-electron chi connectivity index (χ1n) is 3.44. The Bertz CT molecular complexity index is 370. The maximum absolute atomic E-state index is 4.16. The molecule has 0 aliphatic heterocycles. The molecule has 0 radical (unpaired) electrons. The summed E-state index contributed by atoms with van der Waals surface area (Å²) in [7, 11) is 0. The predicted molar refractivity (Wildman–Crippen MR) is 45.7 cm³/mol. The van der Waals surface area contributed by atoms with E-state index in [1.165, 1.54) is 11.5 Å². The summed E-state index contributed by atoms with van der Waals surface area (Å²) in [5.74, 6) is 1.19. The average Bonchev–Trinajstić information content (AvgIpc) is 2.54. The van der Waals surface area contributed by atoms with Crippen molar-refractivity contribution in [3.63, 3.8) is 0 Å². The topological polar surface area (TPSA) is 51.6 Å². The molecule has 0 fully saturated rings. The molecule has 0 aliphatic carbocycles. The van der Waals surface area contributed by atoms with Crippen LogP contribution in [0, 0.1) is 6.92 Å². The molecule has 4 nitrogen and oxygen atoms in total. The van der Waals surface area contributed by atoms with Gasteiger partial charge in [-0.05, 0) is 24.5 Å². The van der Waals surface area contributed by atoms with E-state index in [1.807, 2.05) is 6.92 Å². The standard InChI is InChI=1S/C7H6N4S/c1-5-10-7(11-12-5)6-8-3-2-4-9-6/h2-4H,1H3. The van der Waals surface area contributed by atoms with E-state index >= 15 is 0 Å². The molecule has 2 rings (SSSR count). The van der Waals surface area contributed by atoms with Crippen LogP contribution in [0.5, 0.6) is 0 Å². The van der Waals surface area contributed by atoms with Crippen molar-refractivity contribution in [2.75, 3.05) is 0 Å². The van der Waals surface area contributed by atoms with Crippen molar-refractivity contribution < 1.29 is 0 Å². The van der Waals surface area contributed by atoms with E-state index in [1.54, 1.807) is 18.5 Å². The summed E-state index contributed by atoms with van der Waals surface area (Å²) in [6, 6.07) is 1.77. The van der Waals surface area contributed by atoms with Gasteiger partial charge in [0.05, 0.1) is 0 Å². The van der Waals surface area contributed by atoms with Crippen LogP contribution < -0.4 is 0 Å². The number of aryl methyl sites for hydroxylation is 1. The Morgan fingerprint density at radius 3 is 2.50 bits per heavy atom. The Hall–Kier alpha value is -1.36. The number of rotatable bonds is 1. The fourth-order valence-corrected chi connectivity index (χ4v) is 1.27. The van der Waals surface area contributed by atoms with E-state index in [9.17, 15) is 0 Å². The molecule has 0 bridgehead atoms. The predicted octanol–water partition coefficient (Wildman–Crippen LogP) is 1.30. The molecule has 5 heteroatoms. The van der Waals surface area contributed by atoms with Gasteiger partial charge in [0.2, 0.25) is 5.82 Å². The summed E-state index contributed by atoms with van der Waals surface area (Å²) < 4.78 is 4.09. The zero-order valence-corrected chi connectivity index (χ0v) is 7.25. The molecule has 0 atom stereocenters. The van der Waals surface area contributed by atoms with Crippen LogP contribution in [-0.4, -0.2) is 19.3 Å². The first-order valence-corrected chi connectivity index (χ1v) is 4.21. The molecule has 2 aromatic rings. The van der Waals surface area contributed by atoms with E-state index in [4.69, 9.17) is 0 Å². The van der Waals surface area contributed by atoms with Crippen LogP contribution in [0.15, 0.2) is 18.5 Å². The molecule has 0 saturated carbocycles. The fourth-order valence-electron chi connectivity index (χ4n) is 0.805. The third kappa shape index (κ3) is 1.31. The Morgan fingerprint density at radius 2 is 1.92 bits per heavy atom. The molecule has 12 heavy (non-hydrogen) atoms. The number of nitrogens with zero attached hydrogens (tertiary/aromatic N) is 4. The van der Waals surface area contributed by atoms with Gasteiger partial charge >= 0.3 is 0 Å². The summed E-state index contributed by atoms with van der Waals surface area (Å²) >= 11 is 1.36. The van der Waals surface area contributed by atoms with E-state index < -0.39 is 0 Å². The molecule has 0 amide bonds. The first kappa shape index (κ1) is 7.30. The molecular formula is C7H6N4S. The highest BCUT2D eigenvalue weighted by atomic mass is 32.1. The third-order valence-electron chi connectivity index (χ3n) is 1.29.